The zero-order chi connectivity index (χ0) is 24.2. The van der Waals surface area contributed by atoms with Crippen LogP contribution in [0.2, 0.25) is 0 Å². The van der Waals surface area contributed by atoms with Gasteiger partial charge in [-0.1, -0.05) is 36.3 Å². The monoisotopic (exact) mass is 458 g/mol. The summed E-state index contributed by atoms with van der Waals surface area (Å²) in [7, 11) is 0. The van der Waals surface area contributed by atoms with Gasteiger partial charge in [-0.3, -0.25) is 14.4 Å². The molecule has 4 N–H and O–H groups in total. The summed E-state index contributed by atoms with van der Waals surface area (Å²) < 4.78 is 5.32. The Bertz CT molecular complexity index is 826. The lowest BCUT2D eigenvalue weighted by atomic mass is 10.1. The SMILES string of the molecule is C#CCOC[C@H](NC(=O)[C@@H](N)CO)C(=O)N1CCC[C@H]1CN(CCc1ccccc1)C(C)=O. The fraction of sp³-hybridized carbons (Fsp3) is 0.542. The van der Waals surface area contributed by atoms with Gasteiger partial charge in [0.15, 0.2) is 0 Å². The van der Waals surface area contributed by atoms with Gasteiger partial charge in [0.25, 0.3) is 0 Å². The second-order valence-electron chi connectivity index (χ2n) is 8.10. The van der Waals surface area contributed by atoms with Gasteiger partial charge in [0.1, 0.15) is 18.7 Å². The van der Waals surface area contributed by atoms with Crippen LogP contribution in [0.15, 0.2) is 30.3 Å². The molecule has 9 nitrogen and oxygen atoms in total. The largest absolute Gasteiger partial charge is 0.394 e. The molecular formula is C24H34N4O5. The molecule has 0 saturated carbocycles. The number of rotatable bonds is 12. The van der Waals surface area contributed by atoms with E-state index in [9.17, 15) is 14.4 Å². The van der Waals surface area contributed by atoms with Crippen molar-refractivity contribution in [2.24, 2.45) is 5.73 Å². The zero-order valence-corrected chi connectivity index (χ0v) is 19.1. The summed E-state index contributed by atoms with van der Waals surface area (Å²) in [6.07, 6.45) is 7.48. The molecule has 2 rings (SSSR count). The summed E-state index contributed by atoms with van der Waals surface area (Å²) in [4.78, 5) is 41.2. The lowest BCUT2D eigenvalue weighted by Crippen LogP contribution is -2.57. The van der Waals surface area contributed by atoms with Gasteiger partial charge in [-0.25, -0.2) is 0 Å². The van der Waals surface area contributed by atoms with Gasteiger partial charge in [-0.05, 0) is 24.8 Å². The van der Waals surface area contributed by atoms with Crippen LogP contribution in [0.3, 0.4) is 0 Å². The number of ether oxygens (including phenoxy) is 1. The first-order valence-electron chi connectivity index (χ1n) is 11.1. The van der Waals surface area contributed by atoms with E-state index >= 15 is 0 Å². The average Bonchev–Trinajstić information content (AvgIpc) is 3.28. The summed E-state index contributed by atoms with van der Waals surface area (Å²) in [5, 5.41) is 11.7. The normalized spacial score (nSPS) is 17.2. The van der Waals surface area contributed by atoms with Crippen molar-refractivity contribution in [2.75, 3.05) is 39.5 Å². The fourth-order valence-corrected chi connectivity index (χ4v) is 3.83. The standard InChI is InChI=1S/C24H34N4O5/c1-3-14-33-17-22(26-23(31)21(25)16-29)24(32)28-12-7-10-20(28)15-27(18(2)30)13-11-19-8-5-4-6-9-19/h1,4-6,8-9,20-22,29H,7,10-17,25H2,2H3,(H,26,31)/t20-,21-,22-/m0/s1. The minimum absolute atomic E-state index is 0.00721. The van der Waals surface area contributed by atoms with Gasteiger partial charge in [0.05, 0.1) is 13.2 Å². The van der Waals surface area contributed by atoms with E-state index in [2.05, 4.69) is 11.2 Å². The average molecular weight is 459 g/mol. The lowest BCUT2D eigenvalue weighted by molar-refractivity contribution is -0.140. The first-order valence-corrected chi connectivity index (χ1v) is 11.1. The molecule has 0 aliphatic carbocycles. The lowest BCUT2D eigenvalue weighted by Gasteiger charge is -2.33. The number of aliphatic hydroxyl groups is 1. The van der Waals surface area contributed by atoms with E-state index in [1.54, 1.807) is 9.80 Å². The molecule has 0 spiro atoms. The number of hydrogen-bond acceptors (Lipinski definition) is 6. The molecule has 1 fully saturated rings. The number of carbonyl (C=O) groups is 3. The Labute approximate surface area is 195 Å². The molecule has 0 radical (unpaired) electrons. The summed E-state index contributed by atoms with van der Waals surface area (Å²) >= 11 is 0. The van der Waals surface area contributed by atoms with Crippen LogP contribution in [-0.4, -0.2) is 90.2 Å². The van der Waals surface area contributed by atoms with Crippen LogP contribution in [0.25, 0.3) is 0 Å². The highest BCUT2D eigenvalue weighted by molar-refractivity contribution is 5.90. The van der Waals surface area contributed by atoms with Crippen LogP contribution in [0.1, 0.15) is 25.3 Å². The Morgan fingerprint density at radius 2 is 2.09 bits per heavy atom. The number of amides is 3. The minimum atomic E-state index is -1.14. The van der Waals surface area contributed by atoms with Crippen LogP contribution in [0.4, 0.5) is 0 Å². The number of nitrogens with one attached hydrogen (secondary N) is 1. The van der Waals surface area contributed by atoms with E-state index in [1.807, 2.05) is 30.3 Å². The quantitative estimate of drug-likeness (QED) is 0.287. The molecule has 1 aromatic rings. The van der Waals surface area contributed by atoms with Gasteiger partial charge in [0.2, 0.25) is 17.7 Å². The van der Waals surface area contributed by atoms with Gasteiger partial charge in [-0.2, -0.15) is 0 Å². The fourth-order valence-electron chi connectivity index (χ4n) is 3.83. The summed E-state index contributed by atoms with van der Waals surface area (Å²) in [5.74, 6) is 1.30. The number of terminal acetylenes is 1. The molecule has 9 heteroatoms. The Morgan fingerprint density at radius 1 is 1.36 bits per heavy atom. The number of benzene rings is 1. The van der Waals surface area contributed by atoms with Crippen LogP contribution in [0, 0.1) is 12.3 Å². The number of hydrogen-bond donors (Lipinski definition) is 3. The first kappa shape index (κ1) is 26.3. The topological polar surface area (TPSA) is 125 Å². The van der Waals surface area contributed by atoms with Crippen LogP contribution < -0.4 is 11.1 Å². The van der Waals surface area contributed by atoms with E-state index in [0.29, 0.717) is 19.6 Å². The van der Waals surface area contributed by atoms with Gasteiger partial charge < -0.3 is 30.7 Å². The molecule has 1 saturated heterocycles. The smallest absolute Gasteiger partial charge is 0.247 e. The summed E-state index contributed by atoms with van der Waals surface area (Å²) in [6.45, 7) is 2.35. The zero-order valence-electron chi connectivity index (χ0n) is 19.1. The van der Waals surface area contributed by atoms with Crippen molar-refractivity contribution in [3.8, 4) is 12.3 Å². The molecule has 1 heterocycles. The molecule has 180 valence electrons. The molecule has 3 amide bonds. The maximum atomic E-state index is 13.3. The second-order valence-corrected chi connectivity index (χ2v) is 8.10. The third kappa shape index (κ3) is 8.17. The maximum Gasteiger partial charge on any atom is 0.247 e. The number of aliphatic hydroxyl groups excluding tert-OH is 1. The van der Waals surface area contributed by atoms with Crippen LogP contribution in [-0.2, 0) is 25.5 Å². The minimum Gasteiger partial charge on any atom is -0.394 e. The van der Waals surface area contributed by atoms with Crippen molar-refractivity contribution in [1.29, 1.82) is 0 Å². The highest BCUT2D eigenvalue weighted by atomic mass is 16.5. The third-order valence-corrected chi connectivity index (χ3v) is 5.67. The predicted molar refractivity (Wildman–Crippen MR) is 124 cm³/mol. The Kier molecular flexibility index (Phi) is 10.8. The molecule has 3 atom stereocenters. The number of nitrogens with two attached hydrogens (primary N) is 1. The summed E-state index contributed by atoms with van der Waals surface area (Å²) in [6, 6.07) is 7.61. The highest BCUT2D eigenvalue weighted by Crippen LogP contribution is 2.20. The predicted octanol–water partition coefficient (Wildman–Crippen LogP) is -0.477. The van der Waals surface area contributed by atoms with E-state index < -0.39 is 24.6 Å². The molecule has 0 bridgehead atoms. The highest BCUT2D eigenvalue weighted by Gasteiger charge is 2.35. The van der Waals surface area contributed by atoms with Crippen molar-refractivity contribution < 1.29 is 24.2 Å². The molecule has 1 aliphatic heterocycles. The van der Waals surface area contributed by atoms with Crippen molar-refractivity contribution in [3.05, 3.63) is 35.9 Å². The maximum absolute atomic E-state index is 13.3. The number of likely N-dealkylation sites (tertiary alicyclic amines) is 1. The van der Waals surface area contributed by atoms with Gasteiger partial charge in [0, 0.05) is 32.6 Å². The van der Waals surface area contributed by atoms with Crippen molar-refractivity contribution in [2.45, 2.75) is 44.3 Å². The molecule has 1 aliphatic rings. The Balaban J connectivity index is 2.06. The molecule has 33 heavy (non-hydrogen) atoms. The van der Waals surface area contributed by atoms with Crippen LogP contribution in [0.5, 0.6) is 0 Å². The molecule has 0 aromatic heterocycles. The van der Waals surface area contributed by atoms with E-state index in [-0.39, 0.29) is 31.1 Å². The van der Waals surface area contributed by atoms with E-state index in [1.165, 1.54) is 6.92 Å². The third-order valence-electron chi connectivity index (χ3n) is 5.67. The number of carbonyl (C=O) groups excluding carboxylic acids is 3. The van der Waals surface area contributed by atoms with Crippen molar-refractivity contribution in [1.82, 2.24) is 15.1 Å². The van der Waals surface area contributed by atoms with Crippen molar-refractivity contribution >= 4 is 17.7 Å². The number of nitrogens with zero attached hydrogens (tertiary/aromatic N) is 2. The Hall–Kier alpha value is -2.93. The van der Waals surface area contributed by atoms with E-state index in [0.717, 1.165) is 24.8 Å². The van der Waals surface area contributed by atoms with Gasteiger partial charge >= 0.3 is 0 Å². The second kappa shape index (κ2) is 13.6. The summed E-state index contributed by atoms with van der Waals surface area (Å²) in [5.41, 5.74) is 6.71. The Morgan fingerprint density at radius 3 is 2.73 bits per heavy atom. The van der Waals surface area contributed by atoms with Crippen LogP contribution >= 0.6 is 0 Å². The van der Waals surface area contributed by atoms with Crippen molar-refractivity contribution in [3.63, 3.8) is 0 Å². The molecule has 0 unspecified atom stereocenters. The molecular weight excluding hydrogens is 424 g/mol. The van der Waals surface area contributed by atoms with Gasteiger partial charge in [-0.15, -0.1) is 6.42 Å². The molecule has 1 aromatic carbocycles. The first-order chi connectivity index (χ1) is 15.9. The van der Waals surface area contributed by atoms with E-state index in [4.69, 9.17) is 22.0 Å².